The summed E-state index contributed by atoms with van der Waals surface area (Å²) in [6, 6.07) is 5.00. The van der Waals surface area contributed by atoms with Crippen molar-refractivity contribution in [3.8, 4) is 5.75 Å². The molecule has 2 saturated carbocycles. The van der Waals surface area contributed by atoms with Gasteiger partial charge in [0.25, 0.3) is 0 Å². The Labute approximate surface area is 152 Å². The molecule has 0 unspecified atom stereocenters. The Morgan fingerprint density at radius 3 is 2.23 bits per heavy atom. The van der Waals surface area contributed by atoms with Crippen molar-refractivity contribution in [3.63, 3.8) is 0 Å². The van der Waals surface area contributed by atoms with Gasteiger partial charge in [0, 0.05) is 12.0 Å². The molecule has 2 fully saturated rings. The molecule has 0 radical (unpaired) electrons. The first-order valence-corrected chi connectivity index (χ1v) is 8.78. The highest BCUT2D eigenvalue weighted by Gasteiger charge is 2.65. The monoisotopic (exact) mass is 360 g/mol. The van der Waals surface area contributed by atoms with Crippen LogP contribution in [0.4, 0.5) is 11.4 Å². The number of carboxylic acid groups (broad SMARTS) is 1. The molecule has 0 spiro atoms. The average molecular weight is 360 g/mol. The van der Waals surface area contributed by atoms with Crippen molar-refractivity contribution in [2.75, 3.05) is 17.7 Å². The molecular formula is C19H24N2O5. The van der Waals surface area contributed by atoms with Crippen molar-refractivity contribution in [1.29, 1.82) is 0 Å². The molecule has 2 atom stereocenters. The number of aliphatic carboxylic acids is 1. The topological polar surface area (TPSA) is 105 Å². The maximum Gasteiger partial charge on any atom is 0.307 e. The van der Waals surface area contributed by atoms with Crippen LogP contribution in [0.1, 0.15) is 33.1 Å². The number of benzene rings is 1. The van der Waals surface area contributed by atoms with E-state index in [4.69, 9.17) is 4.74 Å². The minimum absolute atomic E-state index is 0.0133. The first-order chi connectivity index (χ1) is 12.3. The molecule has 0 heterocycles. The van der Waals surface area contributed by atoms with Gasteiger partial charge in [0.1, 0.15) is 5.75 Å². The Balaban J connectivity index is 1.78. The number of hydrogen-bond donors (Lipinski definition) is 3. The molecule has 0 saturated heterocycles. The highest BCUT2D eigenvalue weighted by molar-refractivity contribution is 6.04. The van der Waals surface area contributed by atoms with Crippen LogP contribution >= 0.6 is 0 Å². The number of anilines is 2. The van der Waals surface area contributed by atoms with Crippen molar-refractivity contribution < 1.29 is 24.2 Å². The third kappa shape index (κ3) is 3.25. The van der Waals surface area contributed by atoms with E-state index in [0.29, 0.717) is 17.1 Å². The van der Waals surface area contributed by atoms with Crippen molar-refractivity contribution in [3.05, 3.63) is 18.2 Å². The summed E-state index contributed by atoms with van der Waals surface area (Å²) in [5.74, 6) is -2.17. The number of ether oxygens (including phenoxy) is 1. The Morgan fingerprint density at radius 2 is 1.73 bits per heavy atom. The first-order valence-electron chi connectivity index (χ1n) is 8.78. The van der Waals surface area contributed by atoms with Gasteiger partial charge in [-0.1, -0.05) is 20.3 Å². The third-order valence-corrected chi connectivity index (χ3v) is 5.59. The van der Waals surface area contributed by atoms with E-state index in [9.17, 15) is 19.5 Å². The van der Waals surface area contributed by atoms with E-state index in [-0.39, 0.29) is 17.7 Å². The van der Waals surface area contributed by atoms with Gasteiger partial charge in [0.2, 0.25) is 11.8 Å². The maximum absolute atomic E-state index is 12.6. The fourth-order valence-electron chi connectivity index (χ4n) is 3.57. The molecule has 140 valence electrons. The Bertz CT molecular complexity index is 754. The smallest absolute Gasteiger partial charge is 0.307 e. The molecule has 0 aliphatic heterocycles. The van der Waals surface area contributed by atoms with E-state index in [2.05, 4.69) is 10.6 Å². The Hall–Kier alpha value is -2.57. The van der Waals surface area contributed by atoms with Gasteiger partial charge < -0.3 is 20.5 Å². The molecule has 0 aromatic heterocycles. The fraction of sp³-hybridized carbons (Fsp3) is 0.526. The van der Waals surface area contributed by atoms with Crippen LogP contribution in [0.15, 0.2) is 18.2 Å². The number of carboxylic acids is 1. The Kier molecular flexibility index (Phi) is 4.64. The molecule has 3 N–H and O–H groups in total. The summed E-state index contributed by atoms with van der Waals surface area (Å²) in [4.78, 5) is 36.2. The normalized spacial score (nSPS) is 23.5. The summed E-state index contributed by atoms with van der Waals surface area (Å²) in [6.45, 7) is 3.53. The van der Waals surface area contributed by atoms with Crippen LogP contribution in [0.2, 0.25) is 0 Å². The summed E-state index contributed by atoms with van der Waals surface area (Å²) in [5.41, 5.74) is 0.305. The molecule has 7 nitrogen and oxygen atoms in total. The van der Waals surface area contributed by atoms with E-state index in [0.717, 1.165) is 19.3 Å². The highest BCUT2D eigenvalue weighted by Crippen LogP contribution is 2.58. The first kappa shape index (κ1) is 18.2. The van der Waals surface area contributed by atoms with E-state index < -0.39 is 23.2 Å². The van der Waals surface area contributed by atoms with Crippen LogP contribution < -0.4 is 15.4 Å². The van der Waals surface area contributed by atoms with E-state index in [1.807, 2.05) is 0 Å². The number of amides is 2. The average Bonchev–Trinajstić information content (AvgIpc) is 3.10. The van der Waals surface area contributed by atoms with Gasteiger partial charge in [-0.2, -0.15) is 0 Å². The fourth-order valence-corrected chi connectivity index (χ4v) is 3.57. The van der Waals surface area contributed by atoms with Crippen LogP contribution in [-0.4, -0.2) is 30.0 Å². The van der Waals surface area contributed by atoms with Crippen LogP contribution in [0.5, 0.6) is 5.75 Å². The van der Waals surface area contributed by atoms with Gasteiger partial charge in [-0.25, -0.2) is 0 Å². The lowest BCUT2D eigenvalue weighted by Gasteiger charge is -2.24. The quantitative estimate of drug-likeness (QED) is 0.723. The summed E-state index contributed by atoms with van der Waals surface area (Å²) in [6.07, 6.45) is 2.80. The van der Waals surface area contributed by atoms with Gasteiger partial charge in [-0.15, -0.1) is 0 Å². The SMILES string of the molecule is COc1ccc(NC(=O)C2CCC2)c(NC(=O)[C@@H]2[C@@H](C(=O)O)C2(C)C)c1. The second-order valence-corrected chi connectivity index (χ2v) is 7.63. The van der Waals surface area contributed by atoms with Crippen LogP contribution in [0.25, 0.3) is 0 Å². The van der Waals surface area contributed by atoms with Gasteiger partial charge in [-0.3, -0.25) is 14.4 Å². The van der Waals surface area contributed by atoms with Crippen molar-refractivity contribution in [2.45, 2.75) is 33.1 Å². The highest BCUT2D eigenvalue weighted by atomic mass is 16.5. The molecule has 2 amide bonds. The largest absolute Gasteiger partial charge is 0.497 e. The standard InChI is InChI=1S/C19H24N2O5/c1-19(2)14(15(19)18(24)25)17(23)21-13-9-11(26-3)7-8-12(13)20-16(22)10-5-4-6-10/h7-10,14-15H,4-6H2,1-3H3,(H,20,22)(H,21,23)(H,24,25)/t14-,15-/m0/s1. The van der Waals surface area contributed by atoms with Crippen molar-refractivity contribution in [1.82, 2.24) is 0 Å². The second-order valence-electron chi connectivity index (χ2n) is 7.63. The second kappa shape index (κ2) is 6.63. The number of rotatable bonds is 6. The van der Waals surface area contributed by atoms with Crippen LogP contribution in [0, 0.1) is 23.2 Å². The molecule has 7 heteroatoms. The predicted octanol–water partition coefficient (Wildman–Crippen LogP) is 2.73. The van der Waals surface area contributed by atoms with E-state index >= 15 is 0 Å². The summed E-state index contributed by atoms with van der Waals surface area (Å²) in [5, 5.41) is 14.9. The lowest BCUT2D eigenvalue weighted by molar-refractivity contribution is -0.140. The van der Waals surface area contributed by atoms with Gasteiger partial charge >= 0.3 is 5.97 Å². The molecule has 26 heavy (non-hydrogen) atoms. The van der Waals surface area contributed by atoms with E-state index in [1.54, 1.807) is 32.0 Å². The third-order valence-electron chi connectivity index (χ3n) is 5.59. The molecule has 2 aliphatic rings. The lowest BCUT2D eigenvalue weighted by atomic mass is 9.85. The lowest BCUT2D eigenvalue weighted by Crippen LogP contribution is -2.28. The van der Waals surface area contributed by atoms with Gasteiger partial charge in [0.15, 0.2) is 0 Å². The number of carbonyl (C=O) groups excluding carboxylic acids is 2. The number of nitrogens with one attached hydrogen (secondary N) is 2. The zero-order valence-corrected chi connectivity index (χ0v) is 15.2. The summed E-state index contributed by atoms with van der Waals surface area (Å²) >= 11 is 0. The maximum atomic E-state index is 12.6. The van der Waals surface area contributed by atoms with E-state index in [1.165, 1.54) is 7.11 Å². The number of carbonyl (C=O) groups is 3. The minimum Gasteiger partial charge on any atom is -0.497 e. The molecule has 1 aromatic rings. The van der Waals surface area contributed by atoms with Gasteiger partial charge in [0.05, 0.1) is 30.3 Å². The molecule has 3 rings (SSSR count). The number of hydrogen-bond acceptors (Lipinski definition) is 4. The summed E-state index contributed by atoms with van der Waals surface area (Å²) < 4.78 is 5.19. The molecule has 2 aliphatic carbocycles. The number of methoxy groups -OCH3 is 1. The van der Waals surface area contributed by atoms with Crippen LogP contribution in [-0.2, 0) is 14.4 Å². The minimum atomic E-state index is -0.973. The molecular weight excluding hydrogens is 336 g/mol. The predicted molar refractivity (Wildman–Crippen MR) is 96.0 cm³/mol. The molecule has 0 bridgehead atoms. The van der Waals surface area contributed by atoms with Crippen molar-refractivity contribution in [2.24, 2.45) is 23.2 Å². The van der Waals surface area contributed by atoms with Crippen LogP contribution in [0.3, 0.4) is 0 Å². The van der Waals surface area contributed by atoms with Gasteiger partial charge in [-0.05, 0) is 30.4 Å². The van der Waals surface area contributed by atoms with Crippen molar-refractivity contribution >= 4 is 29.2 Å². The zero-order chi connectivity index (χ0) is 19.1. The summed E-state index contributed by atoms with van der Waals surface area (Å²) in [7, 11) is 1.51. The Morgan fingerprint density at radius 1 is 1.08 bits per heavy atom. The zero-order valence-electron chi connectivity index (χ0n) is 15.2. The molecule has 1 aromatic carbocycles.